The predicted octanol–water partition coefficient (Wildman–Crippen LogP) is 5.16. The van der Waals surface area contributed by atoms with Crippen molar-refractivity contribution in [3.05, 3.63) is 65.7 Å². The first kappa shape index (κ1) is 19.0. The maximum absolute atomic E-state index is 10.7. The zero-order valence-electron chi connectivity index (χ0n) is 13.6. The summed E-state index contributed by atoms with van der Waals surface area (Å²) in [7, 11) is 1.61. The van der Waals surface area contributed by atoms with Crippen molar-refractivity contribution in [1.29, 1.82) is 0 Å². The molecule has 2 rings (SSSR count). The average Bonchev–Trinajstić information content (AvgIpc) is 2.60. The van der Waals surface area contributed by atoms with E-state index >= 15 is 0 Å². The molecule has 0 spiro atoms. The monoisotopic (exact) mass is 376 g/mol. The van der Waals surface area contributed by atoms with Crippen LogP contribution >= 0.6 is 23.4 Å². The molecule has 0 aliphatic carbocycles. The lowest BCUT2D eigenvalue weighted by molar-refractivity contribution is -0.131. The van der Waals surface area contributed by atoms with Gasteiger partial charge in [0.25, 0.3) is 0 Å². The molecule has 0 saturated heterocycles. The summed E-state index contributed by atoms with van der Waals surface area (Å²) < 4.78 is 11.1. The van der Waals surface area contributed by atoms with Crippen molar-refractivity contribution in [2.45, 2.75) is 9.79 Å². The van der Waals surface area contributed by atoms with E-state index in [0.717, 1.165) is 21.6 Å². The van der Waals surface area contributed by atoms with Crippen LogP contribution in [0.25, 0.3) is 6.08 Å². The maximum Gasteiger partial charge on any atom is 0.328 e. The van der Waals surface area contributed by atoms with Gasteiger partial charge in [0.1, 0.15) is 18.1 Å². The van der Waals surface area contributed by atoms with E-state index in [9.17, 15) is 4.79 Å². The number of para-hydroxylation sites is 1. The molecule has 0 bridgehead atoms. The molecule has 0 saturated carbocycles. The Morgan fingerprint density at radius 2 is 2.04 bits per heavy atom. The summed E-state index contributed by atoms with van der Waals surface area (Å²) in [6.07, 6.45) is 4.10. The van der Waals surface area contributed by atoms with E-state index in [4.69, 9.17) is 26.2 Å². The lowest BCUT2D eigenvalue weighted by atomic mass is 10.2. The SMILES string of the molecule is C=CCOc1cc(C=CC(=O)O)c(Cl)cc1Sc1ccccc1OC. The first-order valence-electron chi connectivity index (χ1n) is 7.34. The number of rotatable bonds is 8. The molecule has 0 aliphatic rings. The fourth-order valence-electron chi connectivity index (χ4n) is 2.00. The number of carboxylic acids is 1. The number of benzene rings is 2. The second kappa shape index (κ2) is 9.20. The maximum atomic E-state index is 10.7. The van der Waals surface area contributed by atoms with E-state index in [2.05, 4.69) is 6.58 Å². The van der Waals surface area contributed by atoms with Gasteiger partial charge >= 0.3 is 5.97 Å². The number of aliphatic carboxylic acids is 1. The molecule has 0 amide bonds. The zero-order chi connectivity index (χ0) is 18.2. The summed E-state index contributed by atoms with van der Waals surface area (Å²) in [6, 6.07) is 11.1. The van der Waals surface area contributed by atoms with E-state index < -0.39 is 5.97 Å². The third kappa shape index (κ3) is 5.31. The third-order valence-corrected chi connectivity index (χ3v) is 4.54. The molecule has 0 fully saturated rings. The molecule has 130 valence electrons. The minimum absolute atomic E-state index is 0.323. The molecule has 0 aromatic heterocycles. The summed E-state index contributed by atoms with van der Waals surface area (Å²) in [4.78, 5) is 12.4. The lowest BCUT2D eigenvalue weighted by Crippen LogP contribution is -1.96. The number of hydrogen-bond donors (Lipinski definition) is 1. The van der Waals surface area contributed by atoms with Crippen LogP contribution < -0.4 is 9.47 Å². The Balaban J connectivity index is 2.43. The summed E-state index contributed by atoms with van der Waals surface area (Å²) in [6.45, 7) is 3.97. The number of methoxy groups -OCH3 is 1. The molecule has 0 atom stereocenters. The Labute approximate surface area is 155 Å². The minimum Gasteiger partial charge on any atom is -0.496 e. The summed E-state index contributed by atoms with van der Waals surface area (Å²) in [5, 5.41) is 9.22. The van der Waals surface area contributed by atoms with Crippen LogP contribution in [-0.4, -0.2) is 24.8 Å². The zero-order valence-corrected chi connectivity index (χ0v) is 15.1. The smallest absolute Gasteiger partial charge is 0.328 e. The highest BCUT2D eigenvalue weighted by Crippen LogP contribution is 2.42. The van der Waals surface area contributed by atoms with Crippen LogP contribution in [0.4, 0.5) is 0 Å². The van der Waals surface area contributed by atoms with Crippen molar-refractivity contribution >= 4 is 35.4 Å². The van der Waals surface area contributed by atoms with Gasteiger partial charge in [-0.3, -0.25) is 0 Å². The molecule has 25 heavy (non-hydrogen) atoms. The molecule has 4 nitrogen and oxygen atoms in total. The molecule has 2 aromatic carbocycles. The first-order chi connectivity index (χ1) is 12.0. The second-order valence-corrected chi connectivity index (χ2v) is 6.34. The van der Waals surface area contributed by atoms with E-state index in [1.165, 1.54) is 17.8 Å². The van der Waals surface area contributed by atoms with Crippen LogP contribution in [0.2, 0.25) is 5.02 Å². The molecular formula is C19H17ClO4S. The predicted molar refractivity (Wildman–Crippen MR) is 101 cm³/mol. The minimum atomic E-state index is -1.04. The van der Waals surface area contributed by atoms with Crippen molar-refractivity contribution in [2.24, 2.45) is 0 Å². The van der Waals surface area contributed by atoms with Crippen molar-refractivity contribution in [1.82, 2.24) is 0 Å². The Morgan fingerprint density at radius 3 is 2.72 bits per heavy atom. The first-order valence-corrected chi connectivity index (χ1v) is 8.53. The Morgan fingerprint density at radius 1 is 1.28 bits per heavy atom. The van der Waals surface area contributed by atoms with E-state index in [1.54, 1.807) is 25.3 Å². The largest absolute Gasteiger partial charge is 0.496 e. The molecule has 0 radical (unpaired) electrons. The van der Waals surface area contributed by atoms with E-state index in [-0.39, 0.29) is 0 Å². The van der Waals surface area contributed by atoms with Gasteiger partial charge in [-0.2, -0.15) is 0 Å². The topological polar surface area (TPSA) is 55.8 Å². The van der Waals surface area contributed by atoms with Crippen molar-refractivity contribution < 1.29 is 19.4 Å². The third-order valence-electron chi connectivity index (χ3n) is 3.11. The van der Waals surface area contributed by atoms with Gasteiger partial charge in [0, 0.05) is 11.1 Å². The number of carbonyl (C=O) groups is 1. The Bertz CT molecular complexity index is 802. The quantitative estimate of drug-likeness (QED) is 0.509. The van der Waals surface area contributed by atoms with Crippen molar-refractivity contribution in [2.75, 3.05) is 13.7 Å². The Hall–Kier alpha value is -2.37. The fraction of sp³-hybridized carbons (Fsp3) is 0.105. The lowest BCUT2D eigenvalue weighted by Gasteiger charge is -2.14. The second-order valence-electron chi connectivity index (χ2n) is 4.84. The highest BCUT2D eigenvalue weighted by atomic mass is 35.5. The van der Waals surface area contributed by atoms with Crippen LogP contribution in [0.1, 0.15) is 5.56 Å². The normalized spacial score (nSPS) is 10.6. The van der Waals surface area contributed by atoms with Crippen molar-refractivity contribution in [3.63, 3.8) is 0 Å². The molecule has 1 N–H and O–H groups in total. The van der Waals surface area contributed by atoms with Gasteiger partial charge in [0.15, 0.2) is 0 Å². The average molecular weight is 377 g/mol. The van der Waals surface area contributed by atoms with E-state index in [0.29, 0.717) is 22.9 Å². The highest BCUT2D eigenvalue weighted by Gasteiger charge is 2.13. The standard InChI is InChI=1S/C19H17ClO4S/c1-3-10-24-16-11-13(8-9-19(21)22)14(20)12-18(16)25-17-7-5-4-6-15(17)23-2/h3-9,11-12H,1,10H2,2H3,(H,21,22). The van der Waals surface area contributed by atoms with E-state index in [1.807, 2.05) is 24.3 Å². The van der Waals surface area contributed by atoms with Gasteiger partial charge < -0.3 is 14.6 Å². The van der Waals surface area contributed by atoms with Crippen LogP contribution in [0.5, 0.6) is 11.5 Å². The molecule has 2 aromatic rings. The van der Waals surface area contributed by atoms with Gasteiger partial charge in [-0.15, -0.1) is 0 Å². The van der Waals surface area contributed by atoms with Gasteiger partial charge in [-0.05, 0) is 35.9 Å². The van der Waals surface area contributed by atoms with Crippen molar-refractivity contribution in [3.8, 4) is 11.5 Å². The molecule has 0 aliphatic heterocycles. The summed E-state index contributed by atoms with van der Waals surface area (Å²) in [5.74, 6) is 0.287. The highest BCUT2D eigenvalue weighted by molar-refractivity contribution is 7.99. The molecule has 0 unspecified atom stereocenters. The van der Waals surface area contributed by atoms with Crippen LogP contribution in [-0.2, 0) is 4.79 Å². The van der Waals surface area contributed by atoms with Gasteiger partial charge in [-0.1, -0.05) is 48.2 Å². The number of halogens is 1. The molecule has 6 heteroatoms. The fourth-order valence-corrected chi connectivity index (χ4v) is 3.32. The van der Waals surface area contributed by atoms with Gasteiger partial charge in [0.2, 0.25) is 0 Å². The van der Waals surface area contributed by atoms with Gasteiger partial charge in [0.05, 0.1) is 16.9 Å². The van der Waals surface area contributed by atoms with Crippen LogP contribution in [0.3, 0.4) is 0 Å². The number of hydrogen-bond acceptors (Lipinski definition) is 4. The Kier molecular flexibility index (Phi) is 6.98. The summed E-state index contributed by atoms with van der Waals surface area (Å²) in [5.41, 5.74) is 0.563. The summed E-state index contributed by atoms with van der Waals surface area (Å²) >= 11 is 7.75. The van der Waals surface area contributed by atoms with Gasteiger partial charge in [-0.25, -0.2) is 4.79 Å². The number of ether oxygens (including phenoxy) is 2. The van der Waals surface area contributed by atoms with Crippen LogP contribution in [0, 0.1) is 0 Å². The molecular weight excluding hydrogens is 360 g/mol. The molecule has 0 heterocycles. The van der Waals surface area contributed by atoms with Crippen LogP contribution in [0.15, 0.2) is 64.9 Å². The number of carboxylic acid groups (broad SMARTS) is 1.